The maximum absolute atomic E-state index is 9.16. The molecule has 0 atom stereocenters. The van der Waals surface area contributed by atoms with Gasteiger partial charge in [-0.3, -0.25) is 0 Å². The summed E-state index contributed by atoms with van der Waals surface area (Å²) >= 11 is 0. The van der Waals surface area contributed by atoms with Gasteiger partial charge in [-0.25, -0.2) is 0 Å². The van der Waals surface area contributed by atoms with Crippen LogP contribution in [-0.4, -0.2) is 5.11 Å². The van der Waals surface area contributed by atoms with Gasteiger partial charge < -0.3 is 5.11 Å². The highest BCUT2D eigenvalue weighted by Gasteiger charge is 2.14. The first-order valence-electron chi connectivity index (χ1n) is 7.22. The van der Waals surface area contributed by atoms with E-state index in [4.69, 9.17) is 5.11 Å². The molecular weight excluding hydrogens is 232 g/mol. The van der Waals surface area contributed by atoms with Crippen molar-refractivity contribution in [3.05, 3.63) is 54.1 Å². The summed E-state index contributed by atoms with van der Waals surface area (Å²) < 4.78 is 0. The monoisotopic (exact) mass is 252 g/mol. The minimum absolute atomic E-state index is 0.375. The molecule has 0 radical (unpaired) electrons. The van der Waals surface area contributed by atoms with Gasteiger partial charge in [0, 0.05) is 0 Å². The van der Waals surface area contributed by atoms with Crippen molar-refractivity contribution in [2.45, 2.75) is 38.0 Å². The minimum Gasteiger partial charge on any atom is -0.508 e. The number of phenolic OH excluding ortho intramolecular Hbond substituents is 1. The number of aromatic hydroxyl groups is 1. The number of rotatable bonds is 1. The van der Waals surface area contributed by atoms with Crippen molar-refractivity contribution >= 4 is 0 Å². The van der Waals surface area contributed by atoms with Crippen molar-refractivity contribution in [3.8, 4) is 16.9 Å². The molecule has 0 heterocycles. The van der Waals surface area contributed by atoms with Gasteiger partial charge in [-0.1, -0.05) is 49.6 Å². The van der Waals surface area contributed by atoms with E-state index < -0.39 is 0 Å². The van der Waals surface area contributed by atoms with Crippen LogP contribution in [0, 0.1) is 0 Å². The maximum Gasteiger partial charge on any atom is 0.115 e. The fourth-order valence-corrected chi connectivity index (χ4v) is 2.86. The zero-order chi connectivity index (χ0) is 13.1. The van der Waals surface area contributed by atoms with Crippen LogP contribution in [0.2, 0.25) is 0 Å². The Balaban J connectivity index is 0.000000151. The molecule has 0 bridgehead atoms. The van der Waals surface area contributed by atoms with Gasteiger partial charge in [0.15, 0.2) is 0 Å². The van der Waals surface area contributed by atoms with Crippen molar-refractivity contribution in [1.29, 1.82) is 0 Å². The number of fused-ring (bicyclic) bond motifs is 1. The first kappa shape index (κ1) is 12.3. The van der Waals surface area contributed by atoms with E-state index in [2.05, 4.69) is 36.4 Å². The highest BCUT2D eigenvalue weighted by molar-refractivity contribution is 5.80. The van der Waals surface area contributed by atoms with E-state index in [-0.39, 0.29) is 0 Å². The topological polar surface area (TPSA) is 20.2 Å². The summed E-state index contributed by atoms with van der Waals surface area (Å²) in [6, 6.07) is 16.2. The number of phenols is 1. The Morgan fingerprint density at radius 1 is 0.789 bits per heavy atom. The van der Waals surface area contributed by atoms with Gasteiger partial charge >= 0.3 is 0 Å². The Morgan fingerprint density at radius 3 is 1.89 bits per heavy atom. The van der Waals surface area contributed by atoms with E-state index in [1.165, 1.54) is 48.8 Å². The Kier molecular flexibility index (Phi) is 3.54. The van der Waals surface area contributed by atoms with Gasteiger partial charge in [-0.15, -0.1) is 0 Å². The maximum atomic E-state index is 9.16. The Morgan fingerprint density at radius 2 is 1.42 bits per heavy atom. The molecule has 1 nitrogen and oxygen atoms in total. The fourth-order valence-electron chi connectivity index (χ4n) is 2.86. The minimum atomic E-state index is 0.375. The van der Waals surface area contributed by atoms with Gasteiger partial charge in [0.05, 0.1) is 0 Å². The van der Waals surface area contributed by atoms with Crippen LogP contribution in [0.3, 0.4) is 0 Å². The standard InChI is InChI=1S/C12H16O.C6H4/c13-12-8-6-11(7-9-12)10-4-2-1-3-5-10;1-2-5-4-6(5)3-1/h6-10,13H,1-5H2;1-4H. The summed E-state index contributed by atoms with van der Waals surface area (Å²) in [6.07, 6.45) is 6.78. The van der Waals surface area contributed by atoms with Gasteiger partial charge in [0.25, 0.3) is 0 Å². The second-order valence-corrected chi connectivity index (χ2v) is 5.51. The molecule has 1 N–H and O–H groups in total. The lowest BCUT2D eigenvalue weighted by Crippen LogP contribution is -2.03. The molecule has 3 aliphatic carbocycles. The molecule has 0 aliphatic heterocycles. The highest BCUT2D eigenvalue weighted by Crippen LogP contribution is 2.33. The predicted molar refractivity (Wildman–Crippen MR) is 79.4 cm³/mol. The molecule has 98 valence electrons. The van der Waals surface area contributed by atoms with Gasteiger partial charge in [0.1, 0.15) is 5.75 Å². The van der Waals surface area contributed by atoms with E-state index in [0.29, 0.717) is 5.75 Å². The Bertz CT molecular complexity index is 519. The molecule has 1 saturated carbocycles. The number of hydrogen-bond donors (Lipinski definition) is 1. The molecule has 0 saturated heterocycles. The fraction of sp³-hybridized carbons (Fsp3) is 0.333. The third-order valence-corrected chi connectivity index (χ3v) is 4.08. The molecule has 1 heteroatoms. The molecule has 1 aromatic rings. The molecule has 3 aliphatic rings. The Hall–Kier alpha value is -1.76. The Labute approximate surface area is 114 Å². The average Bonchev–Trinajstić information content (AvgIpc) is 3.07. The average molecular weight is 252 g/mol. The molecule has 4 rings (SSSR count). The number of hydrogen-bond acceptors (Lipinski definition) is 1. The lowest BCUT2D eigenvalue weighted by Gasteiger charge is -2.21. The van der Waals surface area contributed by atoms with Crippen LogP contribution >= 0.6 is 0 Å². The predicted octanol–water partition coefficient (Wildman–Crippen LogP) is 5.11. The second kappa shape index (κ2) is 5.48. The third-order valence-electron chi connectivity index (χ3n) is 4.08. The van der Waals surface area contributed by atoms with Crippen LogP contribution in [0.15, 0.2) is 48.5 Å². The molecule has 0 spiro atoms. The highest BCUT2D eigenvalue weighted by atomic mass is 16.3. The van der Waals surface area contributed by atoms with Crippen LogP contribution in [-0.2, 0) is 0 Å². The van der Waals surface area contributed by atoms with Crippen LogP contribution in [0.1, 0.15) is 43.6 Å². The zero-order valence-corrected chi connectivity index (χ0v) is 11.2. The summed E-state index contributed by atoms with van der Waals surface area (Å²) in [5.74, 6) is 1.12. The van der Waals surface area contributed by atoms with Crippen LogP contribution < -0.4 is 0 Å². The zero-order valence-electron chi connectivity index (χ0n) is 11.2. The van der Waals surface area contributed by atoms with E-state index in [0.717, 1.165) is 5.92 Å². The van der Waals surface area contributed by atoms with E-state index in [1.54, 1.807) is 12.1 Å². The van der Waals surface area contributed by atoms with E-state index in [9.17, 15) is 0 Å². The van der Waals surface area contributed by atoms with Crippen molar-refractivity contribution < 1.29 is 5.11 Å². The summed E-state index contributed by atoms with van der Waals surface area (Å²) in [7, 11) is 0. The second-order valence-electron chi connectivity index (χ2n) is 5.51. The molecule has 0 aromatic heterocycles. The van der Waals surface area contributed by atoms with Crippen molar-refractivity contribution in [3.63, 3.8) is 0 Å². The SMILES string of the molecule is Oc1ccc(C2CCCCC2)cc1.c1cc2cc-2c1. The first-order chi connectivity index (χ1) is 9.33. The smallest absolute Gasteiger partial charge is 0.115 e. The van der Waals surface area contributed by atoms with Gasteiger partial charge in [-0.2, -0.15) is 0 Å². The molecule has 1 fully saturated rings. The third kappa shape index (κ3) is 3.17. The largest absolute Gasteiger partial charge is 0.508 e. The lowest BCUT2D eigenvalue weighted by atomic mass is 9.84. The molecule has 0 amide bonds. The summed E-state index contributed by atoms with van der Waals surface area (Å²) in [5.41, 5.74) is 4.25. The summed E-state index contributed by atoms with van der Waals surface area (Å²) in [4.78, 5) is 0. The quantitative estimate of drug-likeness (QED) is 0.638. The molecule has 1 aromatic carbocycles. The summed E-state index contributed by atoms with van der Waals surface area (Å²) in [6.45, 7) is 0. The molecular formula is C18H20O. The van der Waals surface area contributed by atoms with Crippen molar-refractivity contribution in [1.82, 2.24) is 0 Å². The normalized spacial score (nSPS) is 16.4. The first-order valence-corrected chi connectivity index (χ1v) is 7.22. The van der Waals surface area contributed by atoms with E-state index >= 15 is 0 Å². The molecule has 0 unspecified atom stereocenters. The van der Waals surface area contributed by atoms with Crippen molar-refractivity contribution in [2.24, 2.45) is 0 Å². The van der Waals surface area contributed by atoms with E-state index in [1.807, 2.05) is 0 Å². The van der Waals surface area contributed by atoms with Gasteiger partial charge in [-0.05, 0) is 53.6 Å². The van der Waals surface area contributed by atoms with Gasteiger partial charge in [0.2, 0.25) is 0 Å². The van der Waals surface area contributed by atoms with Crippen LogP contribution in [0.25, 0.3) is 11.1 Å². The number of benzene rings is 2. The summed E-state index contributed by atoms with van der Waals surface area (Å²) in [5, 5.41) is 9.16. The van der Waals surface area contributed by atoms with Crippen LogP contribution in [0.5, 0.6) is 5.75 Å². The molecule has 19 heavy (non-hydrogen) atoms. The lowest BCUT2D eigenvalue weighted by molar-refractivity contribution is 0.442. The van der Waals surface area contributed by atoms with Crippen LogP contribution in [0.4, 0.5) is 0 Å². The van der Waals surface area contributed by atoms with Crippen molar-refractivity contribution in [2.75, 3.05) is 0 Å².